The molecule has 0 aliphatic carbocycles. The molecular formula is C27H38N6O3. The van der Waals surface area contributed by atoms with Gasteiger partial charge in [0, 0.05) is 45.7 Å². The maximum Gasteiger partial charge on any atom is 0.410 e. The van der Waals surface area contributed by atoms with Crippen molar-refractivity contribution in [1.29, 1.82) is 0 Å². The van der Waals surface area contributed by atoms with Crippen molar-refractivity contribution in [3.8, 4) is 0 Å². The predicted octanol–water partition coefficient (Wildman–Crippen LogP) is 3.03. The lowest BCUT2D eigenvalue weighted by Gasteiger charge is -2.33. The molecule has 2 amide bonds. The van der Waals surface area contributed by atoms with Crippen molar-refractivity contribution in [2.75, 3.05) is 51.2 Å². The molecule has 1 aromatic carbocycles. The molecular weight excluding hydrogens is 456 g/mol. The summed E-state index contributed by atoms with van der Waals surface area (Å²) in [6, 6.07) is 8.46. The van der Waals surface area contributed by atoms with Crippen LogP contribution in [0.3, 0.4) is 0 Å². The lowest BCUT2D eigenvalue weighted by atomic mass is 9.89. The van der Waals surface area contributed by atoms with E-state index in [9.17, 15) is 9.59 Å². The normalized spacial score (nSPS) is 17.8. The van der Waals surface area contributed by atoms with Gasteiger partial charge in [0.25, 0.3) is 5.91 Å². The van der Waals surface area contributed by atoms with Crippen LogP contribution in [0.5, 0.6) is 0 Å². The molecule has 194 valence electrons. The molecule has 2 fully saturated rings. The highest BCUT2D eigenvalue weighted by Crippen LogP contribution is 2.29. The Hall–Kier alpha value is -3.20. The number of likely N-dealkylation sites (tertiary alicyclic amines) is 1. The van der Waals surface area contributed by atoms with Crippen LogP contribution in [-0.4, -0.2) is 83.7 Å². The number of carbonyl (C=O) groups is 2. The quantitative estimate of drug-likeness (QED) is 0.681. The fraction of sp³-hybridized carbons (Fsp3) is 0.556. The van der Waals surface area contributed by atoms with E-state index in [0.717, 1.165) is 50.4 Å². The van der Waals surface area contributed by atoms with Crippen molar-refractivity contribution in [1.82, 2.24) is 19.8 Å². The number of rotatable bonds is 5. The van der Waals surface area contributed by atoms with Gasteiger partial charge in [-0.05, 0) is 57.7 Å². The summed E-state index contributed by atoms with van der Waals surface area (Å²) in [5, 5.41) is 0. The first kappa shape index (κ1) is 25.9. The Morgan fingerprint density at radius 2 is 1.67 bits per heavy atom. The van der Waals surface area contributed by atoms with Gasteiger partial charge in [0.15, 0.2) is 0 Å². The van der Waals surface area contributed by atoms with Crippen LogP contribution < -0.4 is 10.6 Å². The number of anilines is 1. The molecule has 9 nitrogen and oxygen atoms in total. The number of carbonyl (C=O) groups excluding carboxylic acids is 2. The van der Waals surface area contributed by atoms with E-state index in [1.54, 1.807) is 11.1 Å². The van der Waals surface area contributed by atoms with Crippen LogP contribution in [0.1, 0.15) is 66.8 Å². The molecule has 0 spiro atoms. The number of ether oxygens (including phenoxy) is 1. The number of piperazine rings is 1. The molecule has 0 unspecified atom stereocenters. The van der Waals surface area contributed by atoms with E-state index in [4.69, 9.17) is 15.5 Å². The number of hydrogen-bond donors (Lipinski definition) is 1. The fourth-order valence-corrected chi connectivity index (χ4v) is 4.76. The number of likely N-dealkylation sites (N-methyl/N-ethyl adjacent to an activating group) is 1. The van der Waals surface area contributed by atoms with Crippen molar-refractivity contribution in [3.63, 3.8) is 0 Å². The van der Waals surface area contributed by atoms with Gasteiger partial charge in [-0.1, -0.05) is 24.3 Å². The Balaban J connectivity index is 1.40. The number of aromatic nitrogens is 2. The minimum absolute atomic E-state index is 0.228. The number of primary amides is 1. The Kier molecular flexibility index (Phi) is 7.78. The van der Waals surface area contributed by atoms with Crippen LogP contribution in [0.4, 0.5) is 10.6 Å². The monoisotopic (exact) mass is 494 g/mol. The SMILES string of the molecule is CN1CCN(c2cnc(C(N)=O)c(Cc3ccc(C4CCN(C(=O)OC(C)(C)C)CC4)cc3)n2)CC1. The molecule has 1 aromatic heterocycles. The van der Waals surface area contributed by atoms with Crippen LogP contribution in [0.15, 0.2) is 30.5 Å². The van der Waals surface area contributed by atoms with Crippen molar-refractivity contribution in [3.05, 3.63) is 53.0 Å². The molecule has 2 saturated heterocycles. The van der Waals surface area contributed by atoms with Crippen molar-refractivity contribution < 1.29 is 14.3 Å². The van der Waals surface area contributed by atoms with Gasteiger partial charge in [-0.15, -0.1) is 0 Å². The highest BCUT2D eigenvalue weighted by atomic mass is 16.6. The third kappa shape index (κ3) is 6.51. The molecule has 4 rings (SSSR count). The Labute approximate surface area is 213 Å². The highest BCUT2D eigenvalue weighted by Gasteiger charge is 2.27. The number of benzene rings is 1. The van der Waals surface area contributed by atoms with Gasteiger partial charge >= 0.3 is 6.09 Å². The molecule has 2 aromatic rings. The second-order valence-electron chi connectivity index (χ2n) is 10.8. The topological polar surface area (TPSA) is 105 Å². The fourth-order valence-electron chi connectivity index (χ4n) is 4.76. The number of nitrogens with zero attached hydrogens (tertiary/aromatic N) is 5. The average molecular weight is 495 g/mol. The third-order valence-electron chi connectivity index (χ3n) is 6.86. The zero-order chi connectivity index (χ0) is 25.9. The van der Waals surface area contributed by atoms with Crippen LogP contribution >= 0.6 is 0 Å². The van der Waals surface area contributed by atoms with Gasteiger partial charge in [-0.25, -0.2) is 14.8 Å². The van der Waals surface area contributed by atoms with E-state index in [1.165, 1.54) is 5.56 Å². The summed E-state index contributed by atoms with van der Waals surface area (Å²) >= 11 is 0. The molecule has 9 heteroatoms. The second kappa shape index (κ2) is 10.8. The highest BCUT2D eigenvalue weighted by molar-refractivity contribution is 5.92. The lowest BCUT2D eigenvalue weighted by Crippen LogP contribution is -2.45. The second-order valence-corrected chi connectivity index (χ2v) is 10.8. The van der Waals surface area contributed by atoms with Gasteiger partial charge in [0.2, 0.25) is 0 Å². The van der Waals surface area contributed by atoms with Crippen LogP contribution in [0, 0.1) is 0 Å². The van der Waals surface area contributed by atoms with E-state index in [2.05, 4.69) is 46.1 Å². The summed E-state index contributed by atoms with van der Waals surface area (Å²) in [7, 11) is 2.11. The van der Waals surface area contributed by atoms with E-state index in [-0.39, 0.29) is 11.8 Å². The van der Waals surface area contributed by atoms with Gasteiger partial charge in [0.05, 0.1) is 11.9 Å². The Morgan fingerprint density at radius 3 is 2.25 bits per heavy atom. The zero-order valence-corrected chi connectivity index (χ0v) is 21.9. The Morgan fingerprint density at radius 1 is 1.03 bits per heavy atom. The minimum atomic E-state index is -0.559. The lowest BCUT2D eigenvalue weighted by molar-refractivity contribution is 0.0204. The first-order valence-electron chi connectivity index (χ1n) is 12.7. The Bertz CT molecular complexity index is 1070. The van der Waals surface area contributed by atoms with Crippen LogP contribution in [0.2, 0.25) is 0 Å². The molecule has 36 heavy (non-hydrogen) atoms. The number of hydrogen-bond acceptors (Lipinski definition) is 7. The van der Waals surface area contributed by atoms with Gasteiger partial charge in [-0.2, -0.15) is 0 Å². The predicted molar refractivity (Wildman–Crippen MR) is 139 cm³/mol. The number of nitrogens with two attached hydrogens (primary N) is 1. The molecule has 3 heterocycles. The third-order valence-corrected chi connectivity index (χ3v) is 6.86. The van der Waals surface area contributed by atoms with E-state index in [0.29, 0.717) is 31.1 Å². The van der Waals surface area contributed by atoms with E-state index in [1.807, 2.05) is 20.8 Å². The number of amides is 2. The molecule has 2 aliphatic rings. The van der Waals surface area contributed by atoms with Crippen molar-refractivity contribution in [2.45, 2.75) is 51.6 Å². The summed E-state index contributed by atoms with van der Waals surface area (Å²) in [5.41, 5.74) is 8.27. The average Bonchev–Trinajstić information content (AvgIpc) is 2.84. The summed E-state index contributed by atoms with van der Waals surface area (Å²) in [6.07, 6.45) is 3.72. The smallest absolute Gasteiger partial charge is 0.410 e. The van der Waals surface area contributed by atoms with Gasteiger partial charge in [0.1, 0.15) is 17.1 Å². The van der Waals surface area contributed by atoms with Gasteiger partial charge in [-0.3, -0.25) is 4.79 Å². The molecule has 0 atom stereocenters. The molecule has 0 saturated carbocycles. The summed E-state index contributed by atoms with van der Waals surface area (Å²) in [4.78, 5) is 39.8. The minimum Gasteiger partial charge on any atom is -0.444 e. The largest absolute Gasteiger partial charge is 0.444 e. The van der Waals surface area contributed by atoms with Crippen molar-refractivity contribution in [2.24, 2.45) is 5.73 Å². The van der Waals surface area contributed by atoms with E-state index < -0.39 is 11.5 Å². The zero-order valence-electron chi connectivity index (χ0n) is 21.9. The maximum absolute atomic E-state index is 12.3. The first-order valence-corrected chi connectivity index (χ1v) is 12.7. The number of piperidine rings is 1. The van der Waals surface area contributed by atoms with Crippen LogP contribution in [0.25, 0.3) is 0 Å². The van der Waals surface area contributed by atoms with E-state index >= 15 is 0 Å². The summed E-state index contributed by atoms with van der Waals surface area (Å²) < 4.78 is 5.51. The van der Waals surface area contributed by atoms with Gasteiger partial charge < -0.3 is 25.2 Å². The molecule has 0 bridgehead atoms. The summed E-state index contributed by atoms with van der Waals surface area (Å²) in [6.45, 7) is 10.7. The standard InChI is InChI=1S/C27H38N6O3/c1-27(2,3)36-26(35)33-11-9-21(10-12-33)20-7-5-19(6-8-20)17-22-24(25(28)34)29-18-23(30-22)32-15-13-31(4)14-16-32/h5-8,18,21H,9-17H2,1-4H3,(H2,28,34). The maximum atomic E-state index is 12.3. The van der Waals surface area contributed by atoms with Crippen LogP contribution in [-0.2, 0) is 11.2 Å². The van der Waals surface area contributed by atoms with Crippen molar-refractivity contribution >= 4 is 17.8 Å². The summed E-state index contributed by atoms with van der Waals surface area (Å²) in [5.74, 6) is 0.631. The molecule has 0 radical (unpaired) electrons. The first-order chi connectivity index (χ1) is 17.1. The molecule has 2 aliphatic heterocycles. The molecule has 2 N–H and O–H groups in total.